The van der Waals surface area contributed by atoms with Crippen LogP contribution in [0.25, 0.3) is 22.4 Å². The van der Waals surface area contributed by atoms with Crippen molar-refractivity contribution < 1.29 is 23.5 Å². The fourth-order valence-electron chi connectivity index (χ4n) is 4.00. The van der Waals surface area contributed by atoms with Gasteiger partial charge in [0, 0.05) is 44.2 Å². The first-order valence-corrected chi connectivity index (χ1v) is 10.3. The summed E-state index contributed by atoms with van der Waals surface area (Å²) in [5.41, 5.74) is 1.77. The van der Waals surface area contributed by atoms with Crippen molar-refractivity contribution in [1.29, 1.82) is 0 Å². The van der Waals surface area contributed by atoms with E-state index < -0.39 is 0 Å². The lowest BCUT2D eigenvalue weighted by Crippen LogP contribution is -2.37. The van der Waals surface area contributed by atoms with Gasteiger partial charge in [-0.25, -0.2) is 4.79 Å². The van der Waals surface area contributed by atoms with Gasteiger partial charge in [0.25, 0.3) is 5.89 Å². The van der Waals surface area contributed by atoms with Crippen molar-refractivity contribution in [2.75, 3.05) is 47.6 Å². The smallest absolute Gasteiger partial charge is 0.409 e. The topological polar surface area (TPSA) is 105 Å². The molecule has 3 heterocycles. The van der Waals surface area contributed by atoms with Crippen molar-refractivity contribution in [1.82, 2.24) is 24.8 Å². The highest BCUT2D eigenvalue weighted by atomic mass is 16.5. The number of aromatic nitrogens is 4. The summed E-state index contributed by atoms with van der Waals surface area (Å²) in [6.07, 6.45) is 3.08. The largest absolute Gasteiger partial charge is 0.453 e. The summed E-state index contributed by atoms with van der Waals surface area (Å²) in [7, 11) is 4.72. The molecule has 0 radical (unpaired) electrons. The van der Waals surface area contributed by atoms with Gasteiger partial charge in [-0.2, -0.15) is 10.1 Å². The molecule has 1 aliphatic heterocycles. The molecule has 3 aromatic rings. The molecule has 4 rings (SSSR count). The zero-order valence-corrected chi connectivity index (χ0v) is 18.0. The van der Waals surface area contributed by atoms with Gasteiger partial charge in [0.05, 0.1) is 38.1 Å². The number of hydrogen-bond donors (Lipinski definition) is 0. The molecule has 0 aliphatic carbocycles. The Morgan fingerprint density at radius 1 is 1.19 bits per heavy atom. The van der Waals surface area contributed by atoms with Crippen molar-refractivity contribution in [2.45, 2.75) is 24.8 Å². The van der Waals surface area contributed by atoms with Crippen molar-refractivity contribution >= 4 is 17.0 Å². The number of rotatable bonds is 7. The highest BCUT2D eigenvalue weighted by Crippen LogP contribution is 2.30. The number of hydrogen-bond acceptors (Lipinski definition) is 8. The minimum Gasteiger partial charge on any atom is -0.453 e. The SMILES string of the molecule is COCC(COC)n1ncc2ccc(-c3nc(C4CCN(C(=O)OC)CC4)no3)cc21. The van der Waals surface area contributed by atoms with Crippen molar-refractivity contribution in [3.63, 3.8) is 0 Å². The van der Waals surface area contributed by atoms with Gasteiger partial charge in [0.2, 0.25) is 0 Å². The minimum atomic E-state index is -0.294. The van der Waals surface area contributed by atoms with Gasteiger partial charge >= 0.3 is 6.09 Å². The molecule has 31 heavy (non-hydrogen) atoms. The third-order valence-corrected chi connectivity index (χ3v) is 5.64. The maximum Gasteiger partial charge on any atom is 0.409 e. The predicted octanol–water partition coefficient (Wildman–Crippen LogP) is 2.87. The summed E-state index contributed by atoms with van der Waals surface area (Å²) < 4.78 is 22.9. The first-order chi connectivity index (χ1) is 15.1. The molecule has 0 spiro atoms. The summed E-state index contributed by atoms with van der Waals surface area (Å²) in [6, 6.07) is 5.90. The van der Waals surface area contributed by atoms with Gasteiger partial charge < -0.3 is 23.6 Å². The zero-order chi connectivity index (χ0) is 21.8. The van der Waals surface area contributed by atoms with Crippen molar-refractivity contribution in [2.24, 2.45) is 0 Å². The van der Waals surface area contributed by atoms with E-state index in [9.17, 15) is 4.79 Å². The molecule has 1 fully saturated rings. The summed E-state index contributed by atoms with van der Waals surface area (Å²) in [6.45, 7) is 2.22. The number of nitrogens with zero attached hydrogens (tertiary/aromatic N) is 5. The van der Waals surface area contributed by atoms with Gasteiger partial charge in [0.1, 0.15) is 0 Å². The molecular formula is C21H27N5O5. The number of carbonyl (C=O) groups excluding carboxylic acids is 1. The fraction of sp³-hybridized carbons (Fsp3) is 0.524. The van der Waals surface area contributed by atoms with E-state index in [2.05, 4.69) is 15.2 Å². The highest BCUT2D eigenvalue weighted by molar-refractivity contribution is 5.83. The van der Waals surface area contributed by atoms with Gasteiger partial charge in [0.15, 0.2) is 5.82 Å². The Labute approximate surface area is 180 Å². The fourth-order valence-corrected chi connectivity index (χ4v) is 4.00. The average Bonchev–Trinajstić information content (AvgIpc) is 3.45. The third-order valence-electron chi connectivity index (χ3n) is 5.64. The lowest BCUT2D eigenvalue weighted by molar-refractivity contribution is 0.0859. The Balaban J connectivity index is 1.54. The van der Waals surface area contributed by atoms with E-state index in [4.69, 9.17) is 18.7 Å². The quantitative estimate of drug-likeness (QED) is 0.565. The molecule has 1 amide bonds. The molecule has 1 aliphatic rings. The number of likely N-dealkylation sites (tertiary alicyclic amines) is 1. The Kier molecular flexibility index (Phi) is 6.47. The number of amides is 1. The molecule has 0 N–H and O–H groups in total. The molecular weight excluding hydrogens is 402 g/mol. The molecule has 1 aromatic carbocycles. The van der Waals surface area contributed by atoms with E-state index in [1.165, 1.54) is 7.11 Å². The van der Waals surface area contributed by atoms with E-state index in [-0.39, 0.29) is 18.1 Å². The maximum absolute atomic E-state index is 11.7. The summed E-state index contributed by atoms with van der Waals surface area (Å²) >= 11 is 0. The van der Waals surface area contributed by atoms with Crippen LogP contribution in [0.4, 0.5) is 4.79 Å². The van der Waals surface area contributed by atoms with Gasteiger partial charge in [-0.05, 0) is 25.0 Å². The Morgan fingerprint density at radius 2 is 1.94 bits per heavy atom. The predicted molar refractivity (Wildman–Crippen MR) is 112 cm³/mol. The van der Waals surface area contributed by atoms with Crippen LogP contribution in [0.5, 0.6) is 0 Å². The van der Waals surface area contributed by atoms with Gasteiger partial charge in [-0.15, -0.1) is 0 Å². The van der Waals surface area contributed by atoms with E-state index in [0.29, 0.717) is 38.0 Å². The molecule has 10 heteroatoms. The monoisotopic (exact) mass is 429 g/mol. The minimum absolute atomic E-state index is 0.0407. The lowest BCUT2D eigenvalue weighted by Gasteiger charge is -2.29. The third kappa shape index (κ3) is 4.40. The van der Waals surface area contributed by atoms with Crippen LogP contribution in [-0.2, 0) is 14.2 Å². The molecule has 10 nitrogen and oxygen atoms in total. The van der Waals surface area contributed by atoms with Crippen LogP contribution in [0.3, 0.4) is 0 Å². The Morgan fingerprint density at radius 3 is 2.61 bits per heavy atom. The highest BCUT2D eigenvalue weighted by Gasteiger charge is 2.27. The van der Waals surface area contributed by atoms with E-state index in [0.717, 1.165) is 29.3 Å². The summed E-state index contributed by atoms with van der Waals surface area (Å²) in [5, 5.41) is 9.74. The second kappa shape index (κ2) is 9.44. The van der Waals surface area contributed by atoms with Crippen LogP contribution < -0.4 is 0 Å². The van der Waals surface area contributed by atoms with Gasteiger partial charge in [-0.3, -0.25) is 4.68 Å². The standard InChI is InChI=1S/C21H27N5O5/c1-28-12-17(13-29-2)26-18-10-15(4-5-16(18)11-22-26)20-23-19(24-31-20)14-6-8-25(9-7-14)21(27)30-3/h4-5,10-11,14,17H,6-9,12-13H2,1-3H3. The second-order valence-corrected chi connectivity index (χ2v) is 7.62. The molecule has 0 atom stereocenters. The number of benzene rings is 1. The molecule has 0 saturated carbocycles. The van der Waals surface area contributed by atoms with Crippen LogP contribution in [0.15, 0.2) is 28.9 Å². The van der Waals surface area contributed by atoms with E-state index in [1.54, 1.807) is 19.1 Å². The molecule has 1 saturated heterocycles. The van der Waals surface area contributed by atoms with Crippen LogP contribution in [0, 0.1) is 0 Å². The van der Waals surface area contributed by atoms with E-state index >= 15 is 0 Å². The summed E-state index contributed by atoms with van der Waals surface area (Å²) in [4.78, 5) is 18.0. The van der Waals surface area contributed by atoms with Gasteiger partial charge in [-0.1, -0.05) is 11.2 Å². The average molecular weight is 429 g/mol. The van der Waals surface area contributed by atoms with Crippen LogP contribution in [0.1, 0.15) is 30.6 Å². The summed E-state index contributed by atoms with van der Waals surface area (Å²) in [5.74, 6) is 1.29. The Hall–Kier alpha value is -2.98. The molecule has 0 bridgehead atoms. The zero-order valence-electron chi connectivity index (χ0n) is 18.0. The Bertz CT molecular complexity index is 1020. The number of piperidine rings is 1. The van der Waals surface area contributed by atoms with Crippen LogP contribution in [0.2, 0.25) is 0 Å². The van der Waals surface area contributed by atoms with Crippen LogP contribution in [-0.4, -0.2) is 78.5 Å². The van der Waals surface area contributed by atoms with E-state index in [1.807, 2.05) is 29.1 Å². The number of ether oxygens (including phenoxy) is 3. The first kappa shape index (κ1) is 21.3. The number of carbonyl (C=O) groups is 1. The molecule has 0 unspecified atom stereocenters. The second-order valence-electron chi connectivity index (χ2n) is 7.62. The number of fused-ring (bicyclic) bond motifs is 1. The molecule has 2 aromatic heterocycles. The normalized spacial score (nSPS) is 15.2. The maximum atomic E-state index is 11.7. The lowest BCUT2D eigenvalue weighted by atomic mass is 9.96. The molecule has 166 valence electrons. The first-order valence-electron chi connectivity index (χ1n) is 10.3. The number of methoxy groups -OCH3 is 3. The van der Waals surface area contributed by atoms with Crippen LogP contribution >= 0.6 is 0 Å². The van der Waals surface area contributed by atoms with Crippen molar-refractivity contribution in [3.8, 4) is 11.5 Å². The van der Waals surface area contributed by atoms with Crippen molar-refractivity contribution in [3.05, 3.63) is 30.2 Å².